The SMILES string of the molecule is CNC(=O)C(CC1(COc2cc3c(N[C@H](C)c4cc(N)cc(C(F)(F)F)c4)nc(C)nc3cc2OC)CC1)OCCN1CCN(c2ccc3c(c2)C(=O)N(C2CCC(=O)NC2=O)C3=O)CC1. The van der Waals surface area contributed by atoms with Gasteiger partial charge in [-0.15, -0.1) is 0 Å². The molecule has 0 spiro atoms. The van der Waals surface area contributed by atoms with Crippen LogP contribution in [0.25, 0.3) is 10.9 Å². The summed E-state index contributed by atoms with van der Waals surface area (Å²) in [4.78, 5) is 78.3. The van der Waals surface area contributed by atoms with Crippen LogP contribution in [0.2, 0.25) is 0 Å². The predicted octanol–water partition coefficient (Wildman–Crippen LogP) is 4.62. The number of fused-ring (bicyclic) bond motifs is 2. The van der Waals surface area contributed by atoms with Gasteiger partial charge < -0.3 is 35.5 Å². The van der Waals surface area contributed by atoms with Crippen LogP contribution in [0.15, 0.2) is 48.5 Å². The number of hydrogen-bond donors (Lipinski definition) is 4. The Bertz CT molecular complexity index is 2580. The first-order chi connectivity index (χ1) is 31.4. The third kappa shape index (κ3) is 9.69. The molecule has 1 saturated carbocycles. The minimum atomic E-state index is -4.56. The number of methoxy groups -OCH3 is 1. The molecule has 3 fully saturated rings. The molecule has 17 nitrogen and oxygen atoms in total. The molecular formula is C46H52F3N9O8. The second-order valence-corrected chi connectivity index (χ2v) is 17.4. The molecule has 1 aliphatic carbocycles. The minimum absolute atomic E-state index is 0.00968. The van der Waals surface area contributed by atoms with Gasteiger partial charge in [-0.05, 0) is 87.6 Å². The Morgan fingerprint density at radius 2 is 1.73 bits per heavy atom. The Kier molecular flexibility index (Phi) is 12.8. The zero-order valence-electron chi connectivity index (χ0n) is 37.0. The zero-order chi connectivity index (χ0) is 47.1. The lowest BCUT2D eigenvalue weighted by Gasteiger charge is -2.36. The molecule has 0 radical (unpaired) electrons. The van der Waals surface area contributed by atoms with Crippen molar-refractivity contribution in [3.63, 3.8) is 0 Å². The summed E-state index contributed by atoms with van der Waals surface area (Å²) in [5, 5.41) is 8.75. The first-order valence-electron chi connectivity index (χ1n) is 21.9. The number of halogens is 3. The zero-order valence-corrected chi connectivity index (χ0v) is 37.0. The van der Waals surface area contributed by atoms with Gasteiger partial charge in [0.05, 0.1) is 48.6 Å². The van der Waals surface area contributed by atoms with E-state index < -0.39 is 53.6 Å². The van der Waals surface area contributed by atoms with Crippen molar-refractivity contribution in [3.05, 3.63) is 76.6 Å². The number of nitrogens with two attached hydrogens (primary N) is 1. The molecule has 20 heteroatoms. The Labute approximate surface area is 378 Å². The lowest BCUT2D eigenvalue weighted by atomic mass is 9.98. The van der Waals surface area contributed by atoms with Gasteiger partial charge >= 0.3 is 6.18 Å². The van der Waals surface area contributed by atoms with Crippen LogP contribution < -0.4 is 36.1 Å². The fourth-order valence-electron chi connectivity index (χ4n) is 8.82. The van der Waals surface area contributed by atoms with Crippen LogP contribution in [-0.4, -0.2) is 122 Å². The van der Waals surface area contributed by atoms with Crippen molar-refractivity contribution in [2.45, 2.75) is 70.3 Å². The number of alkyl halides is 3. The normalized spacial score (nSPS) is 19.3. The highest BCUT2D eigenvalue weighted by Gasteiger charge is 2.47. The topological polar surface area (TPSA) is 211 Å². The lowest BCUT2D eigenvalue weighted by Crippen LogP contribution is -2.54. The molecule has 4 heterocycles. The van der Waals surface area contributed by atoms with Crippen LogP contribution >= 0.6 is 0 Å². The standard InChI is InChI=1S/C46H52F3N9O8/c1-25(27-17-28(46(47,48)49)19-29(50)18-27)52-40-33-21-37(36(64-4)22-34(33)53-26(2)54-40)66-24-45(9-10-45)23-38(42(61)51-3)65-16-15-56-11-13-57(14-12-56)30-5-6-31-32(20-30)44(63)58(43(31)62)35-7-8-39(59)55-41(35)60/h5-6,17-22,25,35,38H,7-16,23-24,50H2,1-4H3,(H,51,61)(H,52,53,54)(H,55,59,60)/t25-,35?,38?/m1/s1. The smallest absolute Gasteiger partial charge is 0.416 e. The number of carbonyl (C=O) groups excluding carboxylic acids is 5. The van der Waals surface area contributed by atoms with Gasteiger partial charge in [-0.3, -0.25) is 39.1 Å². The second-order valence-electron chi connectivity index (χ2n) is 17.4. The quantitative estimate of drug-likeness (QED) is 0.0893. The van der Waals surface area contributed by atoms with E-state index in [0.29, 0.717) is 85.4 Å². The average Bonchev–Trinajstić information content (AvgIpc) is 4.01. The van der Waals surface area contributed by atoms with Crippen molar-refractivity contribution in [2.24, 2.45) is 5.41 Å². The number of nitrogens with zero attached hydrogens (tertiary/aromatic N) is 5. The van der Waals surface area contributed by atoms with Crippen LogP contribution in [0.4, 0.5) is 30.4 Å². The number of hydrogen-bond acceptors (Lipinski definition) is 14. The van der Waals surface area contributed by atoms with E-state index in [0.717, 1.165) is 35.6 Å². The molecule has 66 heavy (non-hydrogen) atoms. The van der Waals surface area contributed by atoms with Crippen LogP contribution in [-0.2, 0) is 25.3 Å². The number of nitrogens with one attached hydrogen (secondary N) is 3. The molecule has 1 aromatic heterocycles. The Hall–Kier alpha value is -6.54. The van der Waals surface area contributed by atoms with Crippen LogP contribution in [0, 0.1) is 12.3 Å². The fraction of sp³-hybridized carbons (Fsp3) is 0.457. The third-order valence-electron chi connectivity index (χ3n) is 12.8. The summed E-state index contributed by atoms with van der Waals surface area (Å²) in [7, 11) is 3.09. The summed E-state index contributed by atoms with van der Waals surface area (Å²) < 4.78 is 59.2. The van der Waals surface area contributed by atoms with E-state index >= 15 is 0 Å². The van der Waals surface area contributed by atoms with Gasteiger partial charge in [0.15, 0.2) is 11.5 Å². The van der Waals surface area contributed by atoms with E-state index in [-0.39, 0.29) is 47.6 Å². The number of nitrogen functional groups attached to an aromatic ring is 1. The molecule has 5 amide bonds. The number of anilines is 3. The number of aromatic nitrogens is 2. The summed E-state index contributed by atoms with van der Waals surface area (Å²) in [5.74, 6) is -0.752. The Morgan fingerprint density at radius 1 is 0.985 bits per heavy atom. The van der Waals surface area contributed by atoms with E-state index in [1.165, 1.54) is 13.2 Å². The molecule has 3 aliphatic heterocycles. The van der Waals surface area contributed by atoms with Gasteiger partial charge in [0, 0.05) is 74.4 Å². The molecule has 4 aromatic rings. The third-order valence-corrected chi connectivity index (χ3v) is 12.8. The van der Waals surface area contributed by atoms with Gasteiger partial charge in [0.25, 0.3) is 11.8 Å². The average molecular weight is 916 g/mol. The molecule has 0 bridgehead atoms. The number of piperidine rings is 1. The summed E-state index contributed by atoms with van der Waals surface area (Å²) in [6.07, 6.45) is -3.11. The van der Waals surface area contributed by atoms with Crippen LogP contribution in [0.5, 0.6) is 11.5 Å². The van der Waals surface area contributed by atoms with Gasteiger partial charge in [-0.25, -0.2) is 9.97 Å². The number of piperazine rings is 1. The lowest BCUT2D eigenvalue weighted by molar-refractivity contribution is -0.138. The number of ether oxygens (including phenoxy) is 3. The Balaban J connectivity index is 0.864. The summed E-state index contributed by atoms with van der Waals surface area (Å²) in [5.41, 5.74) is 6.77. The first kappa shape index (κ1) is 46.0. The van der Waals surface area contributed by atoms with Gasteiger partial charge in [0.1, 0.15) is 23.8 Å². The van der Waals surface area contributed by atoms with Crippen LogP contribution in [0.3, 0.4) is 0 Å². The van der Waals surface area contributed by atoms with E-state index in [4.69, 9.17) is 19.9 Å². The highest BCUT2D eigenvalue weighted by Crippen LogP contribution is 2.51. The molecule has 4 aliphatic rings. The maximum Gasteiger partial charge on any atom is 0.416 e. The van der Waals surface area contributed by atoms with Crippen LogP contribution in [0.1, 0.15) is 82.7 Å². The fourth-order valence-corrected chi connectivity index (χ4v) is 8.82. The second kappa shape index (κ2) is 18.4. The van der Waals surface area contributed by atoms with E-state index in [1.807, 2.05) is 0 Å². The maximum atomic E-state index is 13.6. The van der Waals surface area contributed by atoms with Gasteiger partial charge in [0.2, 0.25) is 17.7 Å². The number of carbonyl (C=O) groups is 5. The molecule has 3 atom stereocenters. The van der Waals surface area contributed by atoms with Crippen molar-refractivity contribution in [3.8, 4) is 11.5 Å². The summed E-state index contributed by atoms with van der Waals surface area (Å²) >= 11 is 0. The highest BCUT2D eigenvalue weighted by atomic mass is 19.4. The largest absolute Gasteiger partial charge is 0.493 e. The first-order valence-corrected chi connectivity index (χ1v) is 21.9. The number of benzene rings is 3. The van der Waals surface area contributed by atoms with Gasteiger partial charge in [-0.2, -0.15) is 13.2 Å². The van der Waals surface area contributed by atoms with Crippen molar-refractivity contribution >= 4 is 57.6 Å². The Morgan fingerprint density at radius 3 is 2.41 bits per heavy atom. The molecule has 2 saturated heterocycles. The van der Waals surface area contributed by atoms with E-state index in [2.05, 4.69) is 35.7 Å². The monoisotopic (exact) mass is 915 g/mol. The summed E-state index contributed by atoms with van der Waals surface area (Å²) in [6, 6.07) is 10.4. The molecule has 2 unspecified atom stereocenters. The molecule has 5 N–H and O–H groups in total. The van der Waals surface area contributed by atoms with Crippen molar-refractivity contribution in [2.75, 3.05) is 76.0 Å². The number of amides is 5. The van der Waals surface area contributed by atoms with Crippen molar-refractivity contribution in [1.82, 2.24) is 30.4 Å². The minimum Gasteiger partial charge on any atom is -0.493 e. The number of likely N-dealkylation sites (N-methyl/N-ethyl adjacent to an activating group) is 1. The number of imide groups is 2. The van der Waals surface area contributed by atoms with E-state index in [9.17, 15) is 37.1 Å². The van der Waals surface area contributed by atoms with Crippen molar-refractivity contribution < 1.29 is 51.4 Å². The molecule has 8 rings (SSSR count). The highest BCUT2D eigenvalue weighted by molar-refractivity contribution is 6.23. The summed E-state index contributed by atoms with van der Waals surface area (Å²) in [6.45, 7) is 7.24. The molecular weight excluding hydrogens is 864 g/mol. The predicted molar refractivity (Wildman–Crippen MR) is 236 cm³/mol. The molecule has 350 valence electrons. The maximum absolute atomic E-state index is 13.6. The van der Waals surface area contributed by atoms with Crippen molar-refractivity contribution in [1.29, 1.82) is 0 Å². The number of aryl methyl sites for hydroxylation is 1. The van der Waals surface area contributed by atoms with Gasteiger partial charge in [-0.1, -0.05) is 0 Å². The number of rotatable bonds is 16. The van der Waals surface area contributed by atoms with E-state index in [1.54, 1.807) is 51.2 Å². The molecule has 3 aromatic carbocycles.